The van der Waals surface area contributed by atoms with Crippen LogP contribution in [0.5, 0.6) is 0 Å². The van der Waals surface area contributed by atoms with E-state index in [0.29, 0.717) is 5.69 Å². The summed E-state index contributed by atoms with van der Waals surface area (Å²) in [7, 11) is 0. The summed E-state index contributed by atoms with van der Waals surface area (Å²) in [6.45, 7) is 1.94. The topological polar surface area (TPSA) is 49.4 Å². The van der Waals surface area contributed by atoms with E-state index in [1.165, 1.54) is 23.9 Å². The van der Waals surface area contributed by atoms with Crippen LogP contribution in [0.25, 0.3) is 0 Å². The number of thioether (sulfide) groups is 1. The van der Waals surface area contributed by atoms with Crippen LogP contribution in [-0.2, 0) is 9.59 Å². The van der Waals surface area contributed by atoms with Crippen LogP contribution >= 0.6 is 23.4 Å². The highest BCUT2D eigenvalue weighted by Gasteiger charge is 2.40. The van der Waals surface area contributed by atoms with Gasteiger partial charge in [-0.1, -0.05) is 53.7 Å². The summed E-state index contributed by atoms with van der Waals surface area (Å²) in [5, 5.41) is 2.94. The van der Waals surface area contributed by atoms with Crippen LogP contribution in [-0.4, -0.2) is 11.8 Å². The molecule has 2 amide bonds. The highest BCUT2D eigenvalue weighted by Crippen LogP contribution is 2.38. The first kappa shape index (κ1) is 20.2. The van der Waals surface area contributed by atoms with Crippen molar-refractivity contribution in [2.75, 3.05) is 10.2 Å². The second-order valence-electron chi connectivity index (χ2n) is 6.66. The molecule has 0 aromatic heterocycles. The monoisotopic (exact) mass is 438 g/mol. The Labute approximate surface area is 182 Å². The number of carbonyl (C=O) groups is 2. The summed E-state index contributed by atoms with van der Waals surface area (Å²) in [6, 6.07) is 20.6. The first-order valence-electron chi connectivity index (χ1n) is 9.09. The van der Waals surface area contributed by atoms with Crippen molar-refractivity contribution in [2.24, 2.45) is 0 Å². The third kappa shape index (κ3) is 3.97. The number of hydrogen-bond donors (Lipinski definition) is 1. The van der Waals surface area contributed by atoms with Crippen molar-refractivity contribution in [3.05, 3.63) is 99.8 Å². The highest BCUT2D eigenvalue weighted by atomic mass is 35.5. The Hall–Kier alpha value is -3.09. The zero-order chi connectivity index (χ0) is 21.3. The van der Waals surface area contributed by atoms with Gasteiger partial charge >= 0.3 is 0 Å². The van der Waals surface area contributed by atoms with Gasteiger partial charge in [-0.05, 0) is 55.0 Å². The molecule has 4 nitrogen and oxygen atoms in total. The summed E-state index contributed by atoms with van der Waals surface area (Å²) < 4.78 is 13.6. The molecule has 0 unspecified atom stereocenters. The molecule has 0 fully saturated rings. The van der Waals surface area contributed by atoms with Crippen molar-refractivity contribution >= 4 is 46.6 Å². The van der Waals surface area contributed by atoms with Crippen molar-refractivity contribution in [1.29, 1.82) is 0 Å². The van der Waals surface area contributed by atoms with E-state index in [4.69, 9.17) is 11.6 Å². The van der Waals surface area contributed by atoms with Crippen molar-refractivity contribution < 1.29 is 14.0 Å². The third-order valence-electron chi connectivity index (χ3n) is 4.45. The summed E-state index contributed by atoms with van der Waals surface area (Å²) in [6.07, 6.45) is 0. The molecule has 7 heteroatoms. The molecule has 0 spiro atoms. The van der Waals surface area contributed by atoms with Crippen LogP contribution < -0.4 is 10.2 Å². The molecular weight excluding hydrogens is 423 g/mol. The van der Waals surface area contributed by atoms with Gasteiger partial charge in [0, 0.05) is 10.6 Å². The van der Waals surface area contributed by atoms with Crippen LogP contribution in [0.4, 0.5) is 15.8 Å². The molecule has 30 heavy (non-hydrogen) atoms. The number of aryl methyl sites for hydroxylation is 1. The van der Waals surface area contributed by atoms with E-state index in [0.717, 1.165) is 21.4 Å². The molecule has 4 rings (SSSR count). The molecule has 0 aliphatic carbocycles. The van der Waals surface area contributed by atoms with Gasteiger partial charge in [-0.25, -0.2) is 9.29 Å². The number of nitrogens with zero attached hydrogens (tertiary/aromatic N) is 1. The Morgan fingerprint density at radius 1 is 0.933 bits per heavy atom. The Bertz CT molecular complexity index is 1180. The minimum atomic E-state index is -0.621. The molecule has 0 bridgehead atoms. The molecule has 3 aromatic carbocycles. The van der Waals surface area contributed by atoms with E-state index in [2.05, 4.69) is 5.32 Å². The first-order valence-corrected chi connectivity index (χ1v) is 10.3. The van der Waals surface area contributed by atoms with Crippen molar-refractivity contribution in [2.45, 2.75) is 11.8 Å². The van der Waals surface area contributed by atoms with Crippen molar-refractivity contribution in [3.8, 4) is 0 Å². The number of halogens is 2. The fraction of sp³-hybridized carbons (Fsp3) is 0.0435. The lowest BCUT2D eigenvalue weighted by atomic mass is 10.2. The Kier molecular flexibility index (Phi) is 5.61. The van der Waals surface area contributed by atoms with E-state index in [1.807, 2.05) is 61.5 Å². The molecule has 150 valence electrons. The SMILES string of the molecule is Cc1cccc(NC2=C(Sc3ccccc3)C(=O)N(c3ccc(F)c(Cl)c3)C2=O)c1. The molecule has 0 radical (unpaired) electrons. The van der Waals surface area contributed by atoms with Gasteiger partial charge in [-0.15, -0.1) is 0 Å². The van der Waals surface area contributed by atoms with Gasteiger partial charge in [0.15, 0.2) is 0 Å². The maximum Gasteiger partial charge on any atom is 0.283 e. The van der Waals surface area contributed by atoms with Crippen molar-refractivity contribution in [3.63, 3.8) is 0 Å². The lowest BCUT2D eigenvalue weighted by molar-refractivity contribution is -0.120. The van der Waals surface area contributed by atoms with Crippen LogP contribution in [0.1, 0.15) is 5.56 Å². The largest absolute Gasteiger partial charge is 0.350 e. The lowest BCUT2D eigenvalue weighted by Gasteiger charge is -2.16. The van der Waals surface area contributed by atoms with Gasteiger partial charge in [-0.3, -0.25) is 9.59 Å². The summed E-state index contributed by atoms with van der Waals surface area (Å²) in [5.41, 5.74) is 2.08. The van der Waals surface area contributed by atoms with Crippen LogP contribution in [0.2, 0.25) is 5.02 Å². The number of amides is 2. The second-order valence-corrected chi connectivity index (χ2v) is 8.15. The minimum Gasteiger partial charge on any atom is -0.350 e. The Morgan fingerprint density at radius 2 is 1.70 bits per heavy atom. The number of rotatable bonds is 5. The smallest absolute Gasteiger partial charge is 0.283 e. The maximum atomic E-state index is 13.6. The van der Waals surface area contributed by atoms with E-state index in [1.54, 1.807) is 0 Å². The lowest BCUT2D eigenvalue weighted by Crippen LogP contribution is -2.32. The fourth-order valence-corrected chi connectivity index (χ4v) is 4.17. The third-order valence-corrected chi connectivity index (χ3v) is 5.83. The van der Waals surface area contributed by atoms with Gasteiger partial charge < -0.3 is 5.32 Å². The molecule has 1 heterocycles. The van der Waals surface area contributed by atoms with E-state index >= 15 is 0 Å². The fourth-order valence-electron chi connectivity index (χ4n) is 3.05. The van der Waals surface area contributed by atoms with Gasteiger partial charge in [0.05, 0.1) is 10.7 Å². The van der Waals surface area contributed by atoms with Crippen LogP contribution in [0, 0.1) is 12.7 Å². The second kappa shape index (κ2) is 8.34. The normalized spacial score (nSPS) is 13.9. The first-order chi connectivity index (χ1) is 14.4. The number of anilines is 2. The number of benzene rings is 3. The summed E-state index contributed by atoms with van der Waals surface area (Å²) in [4.78, 5) is 28.6. The predicted octanol–water partition coefficient (Wildman–Crippen LogP) is 5.78. The summed E-state index contributed by atoms with van der Waals surface area (Å²) in [5.74, 6) is -1.64. The van der Waals surface area contributed by atoms with Gasteiger partial charge in [0.25, 0.3) is 11.8 Å². The Balaban J connectivity index is 1.76. The summed E-state index contributed by atoms with van der Waals surface area (Å²) >= 11 is 7.08. The predicted molar refractivity (Wildman–Crippen MR) is 118 cm³/mol. The molecule has 0 atom stereocenters. The molecule has 1 aliphatic heterocycles. The Morgan fingerprint density at radius 3 is 2.40 bits per heavy atom. The number of imide groups is 1. The van der Waals surface area contributed by atoms with Gasteiger partial charge in [0.1, 0.15) is 16.4 Å². The van der Waals surface area contributed by atoms with Crippen LogP contribution in [0.15, 0.2) is 88.3 Å². The molecular formula is C23H16ClFN2O2S. The average Bonchev–Trinajstić information content (AvgIpc) is 2.95. The van der Waals surface area contributed by atoms with Gasteiger partial charge in [-0.2, -0.15) is 0 Å². The molecule has 0 saturated carbocycles. The van der Waals surface area contributed by atoms with E-state index in [9.17, 15) is 14.0 Å². The molecule has 1 N–H and O–H groups in total. The zero-order valence-electron chi connectivity index (χ0n) is 15.9. The number of nitrogens with one attached hydrogen (secondary N) is 1. The zero-order valence-corrected chi connectivity index (χ0v) is 17.4. The minimum absolute atomic E-state index is 0.162. The number of hydrogen-bond acceptors (Lipinski definition) is 4. The average molecular weight is 439 g/mol. The van der Waals surface area contributed by atoms with E-state index in [-0.39, 0.29) is 21.3 Å². The molecule has 3 aromatic rings. The molecule has 0 saturated heterocycles. The maximum absolute atomic E-state index is 13.6. The van der Waals surface area contributed by atoms with E-state index < -0.39 is 17.6 Å². The van der Waals surface area contributed by atoms with Crippen LogP contribution in [0.3, 0.4) is 0 Å². The highest BCUT2D eigenvalue weighted by molar-refractivity contribution is 8.04. The standard InChI is InChI=1S/C23H16ClFN2O2S/c1-14-6-5-7-15(12-14)26-20-21(30-17-8-3-2-4-9-17)23(29)27(22(20)28)16-10-11-19(25)18(24)13-16/h2-13,26H,1H3. The molecule has 1 aliphatic rings. The van der Waals surface area contributed by atoms with Crippen molar-refractivity contribution in [1.82, 2.24) is 0 Å². The number of carbonyl (C=O) groups excluding carboxylic acids is 2. The quantitative estimate of drug-likeness (QED) is 0.513. The van der Waals surface area contributed by atoms with Gasteiger partial charge in [0.2, 0.25) is 0 Å².